The third kappa shape index (κ3) is 6.49. The van der Waals surface area contributed by atoms with E-state index in [1.165, 1.54) is 19.8 Å². The third-order valence-electron chi connectivity index (χ3n) is 0.752. The van der Waals surface area contributed by atoms with Crippen molar-refractivity contribution < 1.29 is 9.94 Å². The molecule has 68 valence electrons. The molecule has 0 saturated heterocycles. The van der Waals surface area contributed by atoms with E-state index in [0.717, 1.165) is 0 Å². The molecule has 0 unspecified atom stereocenters. The van der Waals surface area contributed by atoms with Gasteiger partial charge in [0, 0.05) is 7.11 Å². The molecule has 0 radical (unpaired) electrons. The Labute approximate surface area is 69.2 Å². The number of aromatic amines is 1. The summed E-state index contributed by atoms with van der Waals surface area (Å²) in [7, 11) is 1.47. The van der Waals surface area contributed by atoms with Crippen molar-refractivity contribution in [2.24, 2.45) is 10.9 Å². The number of H-pyrrole nitrogens is 1. The van der Waals surface area contributed by atoms with E-state index in [9.17, 15) is 0 Å². The lowest BCUT2D eigenvalue weighted by molar-refractivity contribution is 0.236. The first-order valence-corrected chi connectivity index (χ1v) is 3.05. The molecule has 1 aromatic rings. The summed E-state index contributed by atoms with van der Waals surface area (Å²) < 4.78 is 4.48. The van der Waals surface area contributed by atoms with E-state index in [1.54, 1.807) is 0 Å². The molecule has 0 aliphatic rings. The van der Waals surface area contributed by atoms with E-state index in [-0.39, 0.29) is 12.4 Å². The van der Waals surface area contributed by atoms with Crippen LogP contribution in [0.3, 0.4) is 0 Å². The molecule has 0 aliphatic carbocycles. The fourth-order valence-electron chi connectivity index (χ4n) is 0.343. The maximum absolute atomic E-state index is 7.85. The van der Waals surface area contributed by atoms with Gasteiger partial charge < -0.3 is 15.7 Å². The number of amidine groups is 1. The smallest absolute Gasteiger partial charge is 0.165 e. The van der Waals surface area contributed by atoms with Gasteiger partial charge in [-0.1, -0.05) is 5.16 Å². The SMILES string of the molecule is COC/C(N)=N/O.c1nc[nH]n1. The molecular weight excluding hydrogens is 162 g/mol. The largest absolute Gasteiger partial charge is 0.409 e. The van der Waals surface area contributed by atoms with Gasteiger partial charge in [-0.15, -0.1) is 0 Å². The fourth-order valence-corrected chi connectivity index (χ4v) is 0.343. The van der Waals surface area contributed by atoms with Gasteiger partial charge >= 0.3 is 0 Å². The molecule has 1 rings (SSSR count). The molecule has 0 aromatic carbocycles. The van der Waals surface area contributed by atoms with Crippen LogP contribution in [0.1, 0.15) is 0 Å². The monoisotopic (exact) mass is 173 g/mol. The van der Waals surface area contributed by atoms with Gasteiger partial charge in [0.05, 0.1) is 0 Å². The molecule has 7 nitrogen and oxygen atoms in total. The van der Waals surface area contributed by atoms with Crippen LogP contribution in [0.5, 0.6) is 0 Å². The molecule has 0 atom stereocenters. The number of aromatic nitrogens is 3. The van der Waals surface area contributed by atoms with Crippen molar-refractivity contribution in [1.82, 2.24) is 15.2 Å². The standard InChI is InChI=1S/C3H8N2O2.C2H3N3/c1-7-2-3(4)5-6;1-3-2-5-4-1/h6H,2H2,1H3,(H2,4,5);1-2H,(H,3,4,5). The normalized spacial score (nSPS) is 10.2. The van der Waals surface area contributed by atoms with Gasteiger partial charge in [-0.05, 0) is 0 Å². The van der Waals surface area contributed by atoms with Gasteiger partial charge in [0.15, 0.2) is 5.84 Å². The van der Waals surface area contributed by atoms with Crippen molar-refractivity contribution >= 4 is 5.84 Å². The van der Waals surface area contributed by atoms with Gasteiger partial charge in [-0.2, -0.15) is 5.10 Å². The number of nitrogens with two attached hydrogens (primary N) is 1. The summed E-state index contributed by atoms with van der Waals surface area (Å²) in [5.41, 5.74) is 4.96. The van der Waals surface area contributed by atoms with Crippen molar-refractivity contribution in [1.29, 1.82) is 0 Å². The molecule has 0 spiro atoms. The number of nitrogens with zero attached hydrogens (tertiary/aromatic N) is 3. The average molecular weight is 173 g/mol. The van der Waals surface area contributed by atoms with Crippen molar-refractivity contribution in [3.63, 3.8) is 0 Å². The lowest BCUT2D eigenvalue weighted by atomic mass is 10.7. The van der Waals surface area contributed by atoms with Crippen LogP contribution in [0.25, 0.3) is 0 Å². The summed E-state index contributed by atoms with van der Waals surface area (Å²) in [6.07, 6.45) is 2.96. The summed E-state index contributed by atoms with van der Waals surface area (Å²) in [6, 6.07) is 0. The highest BCUT2D eigenvalue weighted by Gasteiger charge is 1.84. The maximum atomic E-state index is 7.85. The summed E-state index contributed by atoms with van der Waals surface area (Å²) in [6.45, 7) is 0.177. The van der Waals surface area contributed by atoms with Gasteiger partial charge in [0.2, 0.25) is 0 Å². The Bertz CT molecular complexity index is 180. The first-order chi connectivity index (χ1) is 5.81. The zero-order valence-corrected chi connectivity index (χ0v) is 6.64. The van der Waals surface area contributed by atoms with Crippen molar-refractivity contribution in [3.05, 3.63) is 12.7 Å². The van der Waals surface area contributed by atoms with Crippen LogP contribution in [0.4, 0.5) is 0 Å². The second kappa shape index (κ2) is 7.48. The second-order valence-electron chi connectivity index (χ2n) is 1.68. The molecule has 7 heteroatoms. The third-order valence-corrected chi connectivity index (χ3v) is 0.752. The number of oxime groups is 1. The van der Waals surface area contributed by atoms with E-state index < -0.39 is 0 Å². The highest BCUT2D eigenvalue weighted by atomic mass is 16.5. The quantitative estimate of drug-likeness (QED) is 0.234. The molecule has 1 aromatic heterocycles. The number of ether oxygens (including phenoxy) is 1. The predicted molar refractivity (Wildman–Crippen MR) is 41.7 cm³/mol. The molecule has 0 amide bonds. The van der Waals surface area contributed by atoms with E-state index >= 15 is 0 Å². The first-order valence-electron chi connectivity index (χ1n) is 3.05. The van der Waals surface area contributed by atoms with Crippen LogP contribution < -0.4 is 5.73 Å². The van der Waals surface area contributed by atoms with E-state index in [2.05, 4.69) is 25.1 Å². The summed E-state index contributed by atoms with van der Waals surface area (Å²) in [4.78, 5) is 3.56. The molecule has 0 fully saturated rings. The number of rotatable bonds is 2. The van der Waals surface area contributed by atoms with Crippen LogP contribution in [-0.4, -0.2) is 39.9 Å². The first kappa shape index (κ1) is 10.4. The van der Waals surface area contributed by atoms with Gasteiger partial charge in [0.1, 0.15) is 19.3 Å². The summed E-state index contributed by atoms with van der Waals surface area (Å²) in [5.74, 6) is 0.0856. The Morgan fingerprint density at radius 1 is 1.83 bits per heavy atom. The molecular formula is C5H11N5O2. The number of hydrogen-bond acceptors (Lipinski definition) is 5. The Kier molecular flexibility index (Phi) is 6.46. The highest BCUT2D eigenvalue weighted by molar-refractivity contribution is 5.80. The van der Waals surface area contributed by atoms with Crippen LogP contribution in [0.15, 0.2) is 17.8 Å². The summed E-state index contributed by atoms with van der Waals surface area (Å²) in [5, 5.41) is 16.5. The van der Waals surface area contributed by atoms with Gasteiger partial charge in [-0.3, -0.25) is 5.10 Å². The van der Waals surface area contributed by atoms with E-state index in [1.807, 2.05) is 0 Å². The summed E-state index contributed by atoms with van der Waals surface area (Å²) >= 11 is 0. The predicted octanol–water partition coefficient (Wildman–Crippen LogP) is -0.816. The number of methoxy groups -OCH3 is 1. The van der Waals surface area contributed by atoms with Gasteiger partial charge in [0.25, 0.3) is 0 Å². The van der Waals surface area contributed by atoms with Crippen LogP contribution in [0, 0.1) is 0 Å². The minimum atomic E-state index is 0.0856. The van der Waals surface area contributed by atoms with Crippen molar-refractivity contribution in [2.75, 3.05) is 13.7 Å². The van der Waals surface area contributed by atoms with Crippen LogP contribution >= 0.6 is 0 Å². The fraction of sp³-hybridized carbons (Fsp3) is 0.400. The zero-order chi connectivity index (χ0) is 9.23. The Morgan fingerprint density at radius 2 is 2.58 bits per heavy atom. The van der Waals surface area contributed by atoms with E-state index in [0.29, 0.717) is 0 Å². The molecule has 0 aliphatic heterocycles. The number of nitrogens with one attached hydrogen (secondary N) is 1. The van der Waals surface area contributed by atoms with Crippen LogP contribution in [0.2, 0.25) is 0 Å². The number of hydrogen-bond donors (Lipinski definition) is 3. The average Bonchev–Trinajstić information content (AvgIpc) is 2.62. The lowest BCUT2D eigenvalue weighted by Crippen LogP contribution is -2.17. The molecule has 0 bridgehead atoms. The zero-order valence-electron chi connectivity index (χ0n) is 6.64. The topological polar surface area (TPSA) is 109 Å². The molecule has 0 saturated carbocycles. The van der Waals surface area contributed by atoms with Crippen molar-refractivity contribution in [3.8, 4) is 0 Å². The van der Waals surface area contributed by atoms with Gasteiger partial charge in [-0.25, -0.2) is 4.98 Å². The Morgan fingerprint density at radius 3 is 2.75 bits per heavy atom. The lowest BCUT2D eigenvalue weighted by Gasteiger charge is -1.90. The molecule has 1 heterocycles. The minimum Gasteiger partial charge on any atom is -0.409 e. The minimum absolute atomic E-state index is 0.0856. The van der Waals surface area contributed by atoms with Crippen LogP contribution in [-0.2, 0) is 4.74 Å². The maximum Gasteiger partial charge on any atom is 0.165 e. The highest BCUT2D eigenvalue weighted by Crippen LogP contribution is 1.64. The van der Waals surface area contributed by atoms with Crippen molar-refractivity contribution in [2.45, 2.75) is 0 Å². The Hall–Kier alpha value is -1.63. The second-order valence-corrected chi connectivity index (χ2v) is 1.68. The Balaban J connectivity index is 0.000000211. The van der Waals surface area contributed by atoms with E-state index in [4.69, 9.17) is 10.9 Å². The molecule has 12 heavy (non-hydrogen) atoms. The molecule has 4 N–H and O–H groups in total.